The molecule has 0 radical (unpaired) electrons. The molecule has 2 aliphatic heterocycles. The van der Waals surface area contributed by atoms with E-state index >= 15 is 0 Å². The van der Waals surface area contributed by atoms with Gasteiger partial charge in [-0.15, -0.1) is 0 Å². The number of hydrogen-bond donors (Lipinski definition) is 0. The van der Waals surface area contributed by atoms with Gasteiger partial charge in [-0.2, -0.15) is 0 Å². The smallest absolute Gasteiger partial charge is 0.202 e. The van der Waals surface area contributed by atoms with Crippen LogP contribution in [0.2, 0.25) is 0 Å². The number of morpholine rings is 1. The van der Waals surface area contributed by atoms with Gasteiger partial charge in [-0.1, -0.05) is 50.2 Å². The summed E-state index contributed by atoms with van der Waals surface area (Å²) in [6, 6.07) is 18.4. The summed E-state index contributed by atoms with van der Waals surface area (Å²) in [7, 11) is -0.815. The molecule has 0 spiro atoms. The van der Waals surface area contributed by atoms with Crippen molar-refractivity contribution in [3.05, 3.63) is 71.7 Å². The molecule has 1 saturated heterocycles. The fourth-order valence-corrected chi connectivity index (χ4v) is 7.03. The molecule has 4 nitrogen and oxygen atoms in total. The summed E-state index contributed by atoms with van der Waals surface area (Å²) >= 11 is 0. The number of ether oxygens (including phenoxy) is 1. The number of benzene rings is 2. The van der Waals surface area contributed by atoms with E-state index in [4.69, 9.17) is 4.74 Å². The molecule has 0 bridgehead atoms. The first-order valence-electron chi connectivity index (χ1n) is 9.50. The molecule has 0 N–H and O–H groups in total. The van der Waals surface area contributed by atoms with Gasteiger partial charge in [0.05, 0.1) is 13.2 Å². The highest BCUT2D eigenvalue weighted by Gasteiger charge is 2.42. The first-order chi connectivity index (χ1) is 12.9. The molecule has 0 saturated carbocycles. The standard InChI is InChI=1S/C22H27N2O2P/c1-22(2)19-11-7-8-12-20(19)23(3)21(22)17-27(25,18-9-5-4-6-10-18)24-13-15-26-16-14-24/h4-12,17H,13-16H2,1-3H3/b21-17+. The maximum absolute atomic E-state index is 14.5. The van der Waals surface area contributed by atoms with E-state index < -0.39 is 7.29 Å². The molecule has 0 aromatic heterocycles. The van der Waals surface area contributed by atoms with Gasteiger partial charge in [0.25, 0.3) is 0 Å². The Labute approximate surface area is 161 Å². The van der Waals surface area contributed by atoms with Gasteiger partial charge in [0.15, 0.2) is 0 Å². The van der Waals surface area contributed by atoms with Crippen LogP contribution in [0.25, 0.3) is 0 Å². The monoisotopic (exact) mass is 382 g/mol. The predicted molar refractivity (Wildman–Crippen MR) is 112 cm³/mol. The third-order valence-corrected chi connectivity index (χ3v) is 8.64. The van der Waals surface area contributed by atoms with Crippen LogP contribution in [-0.4, -0.2) is 38.0 Å². The summed E-state index contributed by atoms with van der Waals surface area (Å²) in [5.74, 6) is 2.05. The van der Waals surface area contributed by atoms with Gasteiger partial charge < -0.3 is 9.64 Å². The number of fused-ring (bicyclic) bond motifs is 1. The Morgan fingerprint density at radius 2 is 1.63 bits per heavy atom. The quantitative estimate of drug-likeness (QED) is 0.746. The number of likely N-dealkylation sites (N-methyl/N-ethyl adjacent to an activating group) is 1. The highest BCUT2D eigenvalue weighted by atomic mass is 31.2. The van der Waals surface area contributed by atoms with Gasteiger partial charge in [-0.3, -0.25) is 4.57 Å². The molecule has 142 valence electrons. The number of anilines is 1. The molecule has 0 amide bonds. The maximum Gasteiger partial charge on any atom is 0.202 e. The molecule has 5 heteroatoms. The first kappa shape index (κ1) is 18.5. The molecule has 4 rings (SSSR count). The predicted octanol–water partition coefficient (Wildman–Crippen LogP) is 4.19. The van der Waals surface area contributed by atoms with Crippen LogP contribution < -0.4 is 10.2 Å². The number of allylic oxidation sites excluding steroid dienone is 1. The first-order valence-corrected chi connectivity index (χ1v) is 11.2. The SMILES string of the molecule is CN1/C(=C/P(=O)(c2ccccc2)N2CCOCC2)C(C)(C)c2ccccc21. The second kappa shape index (κ2) is 6.94. The van der Waals surface area contributed by atoms with Gasteiger partial charge in [0.1, 0.15) is 0 Å². The largest absolute Gasteiger partial charge is 0.379 e. The van der Waals surface area contributed by atoms with Gasteiger partial charge in [-0.05, 0) is 23.8 Å². The third kappa shape index (κ3) is 3.06. The highest BCUT2D eigenvalue weighted by Crippen LogP contribution is 2.56. The summed E-state index contributed by atoms with van der Waals surface area (Å²) in [5.41, 5.74) is 3.38. The van der Waals surface area contributed by atoms with Crippen molar-refractivity contribution in [2.45, 2.75) is 19.3 Å². The summed E-state index contributed by atoms with van der Waals surface area (Å²) in [5, 5.41) is 0.888. The zero-order chi connectivity index (χ0) is 19.1. The maximum atomic E-state index is 14.5. The van der Waals surface area contributed by atoms with E-state index in [1.165, 1.54) is 11.3 Å². The van der Waals surface area contributed by atoms with Crippen molar-refractivity contribution in [1.29, 1.82) is 0 Å². The second-order valence-electron chi connectivity index (χ2n) is 7.74. The molecule has 2 aromatic carbocycles. The Bertz CT molecular complexity index is 902. The van der Waals surface area contributed by atoms with E-state index in [9.17, 15) is 4.57 Å². The average Bonchev–Trinajstić information content (AvgIpc) is 2.90. The zero-order valence-corrected chi connectivity index (χ0v) is 17.2. The van der Waals surface area contributed by atoms with E-state index in [1.807, 2.05) is 36.1 Å². The van der Waals surface area contributed by atoms with Crippen LogP contribution >= 0.6 is 7.29 Å². The van der Waals surface area contributed by atoms with E-state index in [0.717, 1.165) is 11.0 Å². The highest BCUT2D eigenvalue weighted by molar-refractivity contribution is 7.72. The second-order valence-corrected chi connectivity index (χ2v) is 10.3. The van der Waals surface area contributed by atoms with Crippen LogP contribution in [0.5, 0.6) is 0 Å². The lowest BCUT2D eigenvalue weighted by Gasteiger charge is -2.35. The summed E-state index contributed by atoms with van der Waals surface area (Å²) in [6.45, 7) is 7.06. The van der Waals surface area contributed by atoms with E-state index in [2.05, 4.69) is 54.7 Å². The van der Waals surface area contributed by atoms with Gasteiger partial charge in [0, 0.05) is 48.1 Å². The van der Waals surface area contributed by atoms with Gasteiger partial charge in [-0.25, -0.2) is 4.67 Å². The Hall–Kier alpha value is -1.87. The molecule has 1 atom stereocenters. The van der Waals surface area contributed by atoms with E-state index in [1.54, 1.807) is 0 Å². The normalized spacial score (nSPS) is 23.2. The van der Waals surface area contributed by atoms with Crippen LogP contribution in [0.4, 0.5) is 5.69 Å². The molecule has 27 heavy (non-hydrogen) atoms. The van der Waals surface area contributed by atoms with E-state index in [0.29, 0.717) is 26.3 Å². The Morgan fingerprint density at radius 1 is 1.00 bits per heavy atom. The van der Waals surface area contributed by atoms with Crippen molar-refractivity contribution in [1.82, 2.24) is 4.67 Å². The van der Waals surface area contributed by atoms with Crippen molar-refractivity contribution >= 4 is 18.3 Å². The lowest BCUT2D eigenvalue weighted by Crippen LogP contribution is -2.36. The van der Waals surface area contributed by atoms with Crippen molar-refractivity contribution in [2.24, 2.45) is 0 Å². The Balaban J connectivity index is 1.86. The number of hydrogen-bond acceptors (Lipinski definition) is 3. The van der Waals surface area contributed by atoms with Gasteiger partial charge in [0.2, 0.25) is 7.29 Å². The molecule has 0 aliphatic carbocycles. The lowest BCUT2D eigenvalue weighted by molar-refractivity contribution is 0.0731. The Kier molecular flexibility index (Phi) is 4.75. The molecule has 2 aromatic rings. The molecule has 2 heterocycles. The van der Waals surface area contributed by atoms with Crippen molar-refractivity contribution in [3.63, 3.8) is 0 Å². The van der Waals surface area contributed by atoms with Crippen LogP contribution in [0.15, 0.2) is 66.1 Å². The minimum atomic E-state index is -2.89. The van der Waals surface area contributed by atoms with Gasteiger partial charge >= 0.3 is 0 Å². The summed E-state index contributed by atoms with van der Waals surface area (Å²) in [6.07, 6.45) is 0. The molecule has 2 aliphatic rings. The lowest BCUT2D eigenvalue weighted by atomic mass is 9.84. The van der Waals surface area contributed by atoms with E-state index in [-0.39, 0.29) is 5.41 Å². The number of nitrogens with zero attached hydrogens (tertiary/aromatic N) is 2. The van der Waals surface area contributed by atoms with Crippen LogP contribution in [0.1, 0.15) is 19.4 Å². The fourth-order valence-electron chi connectivity index (χ4n) is 4.21. The minimum absolute atomic E-state index is 0.192. The zero-order valence-electron chi connectivity index (χ0n) is 16.3. The molecular formula is C22H27N2O2P. The van der Waals surface area contributed by atoms with Crippen LogP contribution in [-0.2, 0) is 14.7 Å². The number of para-hydroxylation sites is 1. The molecule has 1 unspecified atom stereocenters. The fraction of sp³-hybridized carbons (Fsp3) is 0.364. The average molecular weight is 382 g/mol. The topological polar surface area (TPSA) is 32.8 Å². The third-order valence-electron chi connectivity index (χ3n) is 5.77. The number of rotatable bonds is 3. The molecule has 1 fully saturated rings. The minimum Gasteiger partial charge on any atom is -0.379 e. The van der Waals surface area contributed by atoms with Crippen LogP contribution in [0.3, 0.4) is 0 Å². The van der Waals surface area contributed by atoms with Crippen molar-refractivity contribution in [3.8, 4) is 0 Å². The Morgan fingerprint density at radius 3 is 2.30 bits per heavy atom. The summed E-state index contributed by atoms with van der Waals surface area (Å²) in [4.78, 5) is 2.20. The van der Waals surface area contributed by atoms with Crippen molar-refractivity contribution < 1.29 is 9.30 Å². The van der Waals surface area contributed by atoms with Crippen molar-refractivity contribution in [2.75, 3.05) is 38.3 Å². The van der Waals surface area contributed by atoms with Crippen LogP contribution in [0, 0.1) is 0 Å². The summed E-state index contributed by atoms with van der Waals surface area (Å²) < 4.78 is 22.1. The molecular weight excluding hydrogens is 355 g/mol.